The number of carbonyl (C=O) groups excluding carboxylic acids is 2. The summed E-state index contributed by atoms with van der Waals surface area (Å²) < 4.78 is 12.6. The molecule has 0 fully saturated rings. The van der Waals surface area contributed by atoms with Crippen LogP contribution in [-0.4, -0.2) is 54.8 Å². The fourth-order valence-corrected chi connectivity index (χ4v) is 4.10. The molecule has 1 heterocycles. The summed E-state index contributed by atoms with van der Waals surface area (Å²) in [5.41, 5.74) is 5.11. The van der Waals surface area contributed by atoms with Crippen molar-refractivity contribution in [3.63, 3.8) is 0 Å². The zero-order chi connectivity index (χ0) is 23.7. The first-order valence-electron chi connectivity index (χ1n) is 10.8. The van der Waals surface area contributed by atoms with Gasteiger partial charge in [0.15, 0.2) is 17.2 Å². The highest BCUT2D eigenvalue weighted by Crippen LogP contribution is 2.35. The van der Waals surface area contributed by atoms with Crippen LogP contribution in [-0.2, 0) is 12.8 Å². The molecule has 0 saturated carbocycles. The van der Waals surface area contributed by atoms with Crippen molar-refractivity contribution in [3.8, 4) is 17.2 Å². The lowest BCUT2D eigenvalue weighted by atomic mass is 10.1. The second-order valence-corrected chi connectivity index (χ2v) is 8.28. The van der Waals surface area contributed by atoms with Crippen LogP contribution in [0.4, 0.5) is 5.69 Å². The van der Waals surface area contributed by atoms with E-state index in [2.05, 4.69) is 10.4 Å². The van der Waals surface area contributed by atoms with E-state index in [0.717, 1.165) is 41.8 Å². The van der Waals surface area contributed by atoms with Crippen LogP contribution in [0.5, 0.6) is 11.5 Å². The van der Waals surface area contributed by atoms with Crippen molar-refractivity contribution in [2.24, 2.45) is 0 Å². The van der Waals surface area contributed by atoms with Gasteiger partial charge in [-0.2, -0.15) is 5.10 Å². The molecule has 0 spiro atoms. The van der Waals surface area contributed by atoms with Crippen LogP contribution < -0.4 is 14.8 Å². The topological polar surface area (TPSA) is 85.7 Å². The van der Waals surface area contributed by atoms with Gasteiger partial charge in [-0.15, -0.1) is 0 Å². The van der Waals surface area contributed by atoms with Crippen LogP contribution in [0.1, 0.15) is 44.1 Å². The molecule has 0 radical (unpaired) electrons. The van der Waals surface area contributed by atoms with E-state index in [-0.39, 0.29) is 11.8 Å². The van der Waals surface area contributed by atoms with E-state index < -0.39 is 0 Å². The normalized spacial score (nSPS) is 12.3. The third-order valence-electron chi connectivity index (χ3n) is 5.83. The molecule has 1 aromatic heterocycles. The molecule has 4 rings (SSSR count). The van der Waals surface area contributed by atoms with Gasteiger partial charge in [0.25, 0.3) is 11.8 Å². The molecule has 8 nitrogen and oxygen atoms in total. The number of nitrogens with zero attached hydrogens (tertiary/aromatic N) is 3. The predicted molar refractivity (Wildman–Crippen MR) is 126 cm³/mol. The Labute approximate surface area is 193 Å². The number of benzene rings is 2. The van der Waals surface area contributed by atoms with Crippen molar-refractivity contribution >= 4 is 17.5 Å². The van der Waals surface area contributed by atoms with Crippen LogP contribution >= 0.6 is 0 Å². The second kappa shape index (κ2) is 8.97. The quantitative estimate of drug-likeness (QED) is 0.622. The molecule has 1 aliphatic carbocycles. The lowest BCUT2D eigenvalue weighted by Gasteiger charge is -2.17. The summed E-state index contributed by atoms with van der Waals surface area (Å²) in [7, 11) is 6.32. The van der Waals surface area contributed by atoms with E-state index in [4.69, 9.17) is 9.47 Å². The zero-order valence-electron chi connectivity index (χ0n) is 19.6. The van der Waals surface area contributed by atoms with E-state index in [0.29, 0.717) is 28.4 Å². The molecule has 0 unspecified atom stereocenters. The molecule has 1 aliphatic rings. The van der Waals surface area contributed by atoms with E-state index in [1.807, 2.05) is 35.9 Å². The third-order valence-corrected chi connectivity index (χ3v) is 5.83. The summed E-state index contributed by atoms with van der Waals surface area (Å²) in [6.07, 6.45) is 2.63. The monoisotopic (exact) mass is 448 g/mol. The maximum Gasteiger partial charge on any atom is 0.276 e. The number of carbonyl (C=O) groups is 2. The summed E-state index contributed by atoms with van der Waals surface area (Å²) in [6, 6.07) is 11.2. The van der Waals surface area contributed by atoms with Crippen LogP contribution in [0.2, 0.25) is 0 Å². The van der Waals surface area contributed by atoms with Gasteiger partial charge in [0.1, 0.15) is 0 Å². The van der Waals surface area contributed by atoms with Gasteiger partial charge < -0.3 is 19.7 Å². The molecule has 0 bridgehead atoms. The Morgan fingerprint density at radius 2 is 1.70 bits per heavy atom. The van der Waals surface area contributed by atoms with Gasteiger partial charge in [-0.05, 0) is 44.4 Å². The number of anilines is 1. The summed E-state index contributed by atoms with van der Waals surface area (Å²) in [5.74, 6) is 0.199. The van der Waals surface area contributed by atoms with Crippen molar-refractivity contribution in [1.29, 1.82) is 0 Å². The Morgan fingerprint density at radius 3 is 2.33 bits per heavy atom. The highest BCUT2D eigenvalue weighted by molar-refractivity contribution is 6.09. The molecule has 2 aromatic carbocycles. The molecule has 0 aliphatic heterocycles. The molecule has 172 valence electrons. The molecule has 8 heteroatoms. The zero-order valence-corrected chi connectivity index (χ0v) is 19.6. The van der Waals surface area contributed by atoms with Gasteiger partial charge in [0.05, 0.1) is 31.2 Å². The number of rotatable bonds is 6. The fraction of sp³-hybridized carbons (Fsp3) is 0.320. The summed E-state index contributed by atoms with van der Waals surface area (Å²) in [5, 5.41) is 7.56. The average molecular weight is 449 g/mol. The lowest BCUT2D eigenvalue weighted by Crippen LogP contribution is -2.24. The van der Waals surface area contributed by atoms with E-state index >= 15 is 0 Å². The van der Waals surface area contributed by atoms with Crippen molar-refractivity contribution in [2.45, 2.75) is 26.2 Å². The second-order valence-electron chi connectivity index (χ2n) is 8.28. The first kappa shape index (κ1) is 22.4. The maximum atomic E-state index is 13.4. The Balaban J connectivity index is 1.74. The largest absolute Gasteiger partial charge is 0.493 e. The van der Waals surface area contributed by atoms with Crippen molar-refractivity contribution in [2.75, 3.05) is 33.6 Å². The van der Waals surface area contributed by atoms with Crippen LogP contribution in [0.15, 0.2) is 36.4 Å². The first-order chi connectivity index (χ1) is 15.8. The Kier molecular flexibility index (Phi) is 6.09. The molecule has 0 atom stereocenters. The number of nitrogens with one attached hydrogen (secondary N) is 1. The Hall–Kier alpha value is -3.81. The lowest BCUT2D eigenvalue weighted by molar-refractivity contribution is 0.0828. The van der Waals surface area contributed by atoms with Crippen molar-refractivity contribution in [1.82, 2.24) is 14.7 Å². The van der Waals surface area contributed by atoms with E-state index in [1.54, 1.807) is 26.2 Å². The van der Waals surface area contributed by atoms with Crippen LogP contribution in [0, 0.1) is 6.92 Å². The number of aryl methyl sites for hydroxylation is 1. The smallest absolute Gasteiger partial charge is 0.276 e. The highest BCUT2D eigenvalue weighted by Gasteiger charge is 2.28. The number of aromatic nitrogens is 2. The molecule has 0 saturated heterocycles. The molecule has 33 heavy (non-hydrogen) atoms. The van der Waals surface area contributed by atoms with Gasteiger partial charge in [-0.25, -0.2) is 4.68 Å². The molecule has 2 amide bonds. The summed E-state index contributed by atoms with van der Waals surface area (Å²) in [4.78, 5) is 27.6. The first-order valence-corrected chi connectivity index (χ1v) is 10.8. The fourth-order valence-electron chi connectivity index (χ4n) is 4.10. The molecular formula is C25H28N4O4. The minimum atomic E-state index is -0.362. The minimum absolute atomic E-state index is 0.262. The number of ether oxygens (including phenoxy) is 2. The molecule has 3 aromatic rings. The SMILES string of the molecule is COc1cc(NC(=O)c2nn(-c3ccc(C)cc3)c3c2CCC3)c(C(=O)N(C)C)cc1OC. The van der Waals surface area contributed by atoms with Gasteiger partial charge in [0, 0.05) is 31.4 Å². The average Bonchev–Trinajstić information content (AvgIpc) is 3.41. The number of methoxy groups -OCH3 is 2. The van der Waals surface area contributed by atoms with Gasteiger partial charge in [-0.3, -0.25) is 9.59 Å². The number of hydrogen-bond donors (Lipinski definition) is 1. The van der Waals surface area contributed by atoms with Gasteiger partial charge in [-0.1, -0.05) is 17.7 Å². The Morgan fingerprint density at radius 1 is 1.03 bits per heavy atom. The Bertz CT molecular complexity index is 1210. The molecule has 1 N–H and O–H groups in total. The minimum Gasteiger partial charge on any atom is -0.493 e. The number of fused-ring (bicyclic) bond motifs is 1. The standard InChI is InChI=1S/C25H28N4O4/c1-15-9-11-16(12-10-15)29-20-8-6-7-17(20)23(27-29)24(30)26-19-14-22(33-5)21(32-4)13-18(19)25(31)28(2)3/h9-14H,6-8H2,1-5H3,(H,26,30). The van der Waals surface area contributed by atoms with E-state index in [1.165, 1.54) is 19.1 Å². The molecular weight excluding hydrogens is 420 g/mol. The van der Waals surface area contributed by atoms with Crippen molar-refractivity contribution in [3.05, 3.63) is 64.5 Å². The van der Waals surface area contributed by atoms with Crippen molar-refractivity contribution < 1.29 is 19.1 Å². The highest BCUT2D eigenvalue weighted by atomic mass is 16.5. The van der Waals surface area contributed by atoms with Crippen LogP contribution in [0.3, 0.4) is 0 Å². The van der Waals surface area contributed by atoms with Gasteiger partial charge >= 0.3 is 0 Å². The summed E-state index contributed by atoms with van der Waals surface area (Å²) >= 11 is 0. The number of amides is 2. The van der Waals surface area contributed by atoms with E-state index in [9.17, 15) is 9.59 Å². The third kappa shape index (κ3) is 4.16. The maximum absolute atomic E-state index is 13.4. The van der Waals surface area contributed by atoms with Gasteiger partial charge in [0.2, 0.25) is 0 Å². The summed E-state index contributed by atoms with van der Waals surface area (Å²) in [6.45, 7) is 2.03. The number of hydrogen-bond acceptors (Lipinski definition) is 5. The predicted octanol–water partition coefficient (Wildman–Crippen LogP) is 3.64. The van der Waals surface area contributed by atoms with Crippen LogP contribution in [0.25, 0.3) is 5.69 Å².